The van der Waals surface area contributed by atoms with Crippen LogP contribution in [0.3, 0.4) is 0 Å². The fraction of sp³-hybridized carbons (Fsp3) is 0.406. The number of methoxy groups -OCH3 is 1. The van der Waals surface area contributed by atoms with Gasteiger partial charge in [0, 0.05) is 24.4 Å². The Morgan fingerprint density at radius 2 is 1.86 bits per heavy atom. The number of phenolic OH excluding ortho intramolecular Hbond substituents is 1. The van der Waals surface area contributed by atoms with Gasteiger partial charge in [0.25, 0.3) is 0 Å². The van der Waals surface area contributed by atoms with E-state index in [-0.39, 0.29) is 60.3 Å². The van der Waals surface area contributed by atoms with Crippen molar-refractivity contribution in [1.29, 1.82) is 0 Å². The molecule has 0 unspecified atom stereocenters. The maximum Gasteiger partial charge on any atom is 0.303 e. The number of carboxylic acid groups (broad SMARTS) is 1. The number of carboxylic acids is 1. The minimum atomic E-state index is -1.43. The first-order chi connectivity index (χ1) is 20.9. The van der Waals surface area contributed by atoms with Crippen LogP contribution < -0.4 is 9.64 Å². The summed E-state index contributed by atoms with van der Waals surface area (Å²) < 4.78 is 19.4. The number of benzene rings is 2. The van der Waals surface area contributed by atoms with Crippen molar-refractivity contribution in [2.45, 2.75) is 38.5 Å². The van der Waals surface area contributed by atoms with Crippen LogP contribution in [0.5, 0.6) is 11.5 Å². The highest BCUT2D eigenvalue weighted by Crippen LogP contribution is 2.64. The molecule has 12 heteroatoms. The molecule has 2 heterocycles. The SMILES string of the molecule is COc1cccc([C@H]2C3=CC[C@@H]4C(=O)N(CCCC(=O)O)C(=O)[C@@H]4[C@@H]3C[C@H]3C(=O)N(c4ccc(F)c(Cl)c4)C(=O)[C@@]23C)c1O. The van der Waals surface area contributed by atoms with Gasteiger partial charge in [-0.3, -0.25) is 28.9 Å². The number of amides is 4. The first-order valence-electron chi connectivity index (χ1n) is 14.4. The zero-order valence-electron chi connectivity index (χ0n) is 24.0. The lowest BCUT2D eigenvalue weighted by Gasteiger charge is -2.49. The fourth-order valence-electron chi connectivity index (χ4n) is 7.84. The first-order valence-corrected chi connectivity index (χ1v) is 14.8. The average molecular weight is 625 g/mol. The third-order valence-corrected chi connectivity index (χ3v) is 10.2. The van der Waals surface area contributed by atoms with Crippen LogP contribution in [-0.4, -0.2) is 58.4 Å². The fourth-order valence-corrected chi connectivity index (χ4v) is 8.02. The van der Waals surface area contributed by atoms with Gasteiger partial charge >= 0.3 is 5.97 Å². The first kappa shape index (κ1) is 29.8. The van der Waals surface area contributed by atoms with Gasteiger partial charge in [-0.15, -0.1) is 0 Å². The minimum absolute atomic E-state index is 0.0310. The molecule has 0 aromatic heterocycles. The maximum absolute atomic E-state index is 14.4. The summed E-state index contributed by atoms with van der Waals surface area (Å²) in [7, 11) is 1.39. The number of rotatable bonds is 7. The van der Waals surface area contributed by atoms with Crippen molar-refractivity contribution in [3.05, 3.63) is 64.5 Å². The second-order valence-corrected chi connectivity index (χ2v) is 12.4. The molecule has 2 aliphatic heterocycles. The van der Waals surface area contributed by atoms with Crippen LogP contribution >= 0.6 is 11.6 Å². The Morgan fingerprint density at radius 3 is 2.55 bits per heavy atom. The van der Waals surface area contributed by atoms with Gasteiger partial charge in [0.1, 0.15) is 5.82 Å². The number of hydrogen-bond donors (Lipinski definition) is 2. The maximum atomic E-state index is 14.4. The zero-order chi connectivity index (χ0) is 31.7. The average Bonchev–Trinajstić information content (AvgIpc) is 3.34. The summed E-state index contributed by atoms with van der Waals surface area (Å²) >= 11 is 6.02. The molecule has 6 rings (SSSR count). The van der Waals surface area contributed by atoms with Crippen LogP contribution in [0.15, 0.2) is 48.0 Å². The van der Waals surface area contributed by atoms with Crippen molar-refractivity contribution in [3.63, 3.8) is 0 Å². The molecular weight excluding hydrogens is 595 g/mol. The number of para-hydroxylation sites is 1. The molecule has 10 nitrogen and oxygen atoms in total. The summed E-state index contributed by atoms with van der Waals surface area (Å²) in [5.41, 5.74) is -0.324. The van der Waals surface area contributed by atoms with Crippen molar-refractivity contribution in [2.75, 3.05) is 18.6 Å². The van der Waals surface area contributed by atoms with E-state index in [0.717, 1.165) is 15.9 Å². The molecule has 4 aliphatic rings. The number of hydrogen-bond acceptors (Lipinski definition) is 7. The van der Waals surface area contributed by atoms with E-state index in [1.54, 1.807) is 25.1 Å². The Bertz CT molecular complexity index is 1660. The normalized spacial score (nSPS) is 29.4. The van der Waals surface area contributed by atoms with Crippen LogP contribution in [0.2, 0.25) is 5.02 Å². The number of nitrogens with zero attached hydrogens (tertiary/aromatic N) is 2. The van der Waals surface area contributed by atoms with E-state index in [2.05, 4.69) is 0 Å². The van der Waals surface area contributed by atoms with Gasteiger partial charge in [-0.25, -0.2) is 9.29 Å². The number of halogens is 2. The molecule has 2 N–H and O–H groups in total. The molecule has 2 aromatic rings. The number of carbonyl (C=O) groups excluding carboxylic acids is 4. The third kappa shape index (κ3) is 4.23. The predicted octanol–water partition coefficient (Wildman–Crippen LogP) is 4.29. The van der Waals surface area contributed by atoms with Crippen molar-refractivity contribution in [1.82, 2.24) is 4.90 Å². The number of aromatic hydroxyl groups is 1. The highest BCUT2D eigenvalue weighted by Gasteiger charge is 2.68. The van der Waals surface area contributed by atoms with E-state index in [1.807, 2.05) is 6.08 Å². The minimum Gasteiger partial charge on any atom is -0.504 e. The molecule has 2 aliphatic carbocycles. The van der Waals surface area contributed by atoms with Crippen LogP contribution in [0, 0.1) is 34.9 Å². The number of anilines is 1. The summed E-state index contributed by atoms with van der Waals surface area (Å²) in [4.78, 5) is 69.0. The topological polar surface area (TPSA) is 142 Å². The van der Waals surface area contributed by atoms with Gasteiger partial charge in [0.15, 0.2) is 11.5 Å². The van der Waals surface area contributed by atoms with Gasteiger partial charge in [0.05, 0.1) is 41.0 Å². The number of likely N-dealkylation sites (tertiary alicyclic amines) is 1. The quantitative estimate of drug-likeness (QED) is 0.343. The summed E-state index contributed by atoms with van der Waals surface area (Å²) in [5.74, 6) is -7.68. The van der Waals surface area contributed by atoms with E-state index >= 15 is 0 Å². The molecular formula is C32H30ClFN2O8. The van der Waals surface area contributed by atoms with Crippen molar-refractivity contribution >= 4 is 46.9 Å². The second kappa shape index (κ2) is 10.7. The molecule has 3 fully saturated rings. The number of allylic oxidation sites excluding steroid dienone is 2. The standard InChI is InChI=1S/C32H30ClFN2O8/c1-32-20(29(41)36(31(32)43)15-8-11-22(34)21(33)13-15)14-19-16(26(32)18-5-3-6-23(44-2)27(18)39)9-10-17-25(19)30(42)35(28(17)40)12-4-7-24(37)38/h3,5-6,8-9,11,13,17,19-20,25-26,39H,4,7,10,12,14H2,1-2H3,(H,37,38)/t17-,19+,20-,25-,26+,32+/m0/s1. The van der Waals surface area contributed by atoms with E-state index in [4.69, 9.17) is 21.4 Å². The number of phenols is 1. The van der Waals surface area contributed by atoms with E-state index in [9.17, 15) is 33.5 Å². The lowest BCUT2D eigenvalue weighted by Crippen LogP contribution is -2.48. The molecule has 6 atom stereocenters. The Hall–Kier alpha value is -4.25. The predicted molar refractivity (Wildman–Crippen MR) is 154 cm³/mol. The van der Waals surface area contributed by atoms with E-state index in [1.165, 1.54) is 19.2 Å². The van der Waals surface area contributed by atoms with Gasteiger partial charge in [-0.2, -0.15) is 0 Å². The Balaban J connectivity index is 1.48. The van der Waals surface area contributed by atoms with Crippen molar-refractivity contribution in [2.24, 2.45) is 29.1 Å². The van der Waals surface area contributed by atoms with Crippen LogP contribution in [0.25, 0.3) is 0 Å². The van der Waals surface area contributed by atoms with Crippen molar-refractivity contribution in [3.8, 4) is 11.5 Å². The highest BCUT2D eigenvalue weighted by atomic mass is 35.5. The Kier molecular flexibility index (Phi) is 7.27. The number of fused-ring (bicyclic) bond motifs is 4. The molecule has 2 aromatic carbocycles. The Labute approximate surface area is 257 Å². The van der Waals surface area contributed by atoms with Crippen molar-refractivity contribution < 1.29 is 43.3 Å². The summed E-state index contributed by atoms with van der Waals surface area (Å²) in [5, 5.41) is 20.1. The molecule has 4 amide bonds. The smallest absolute Gasteiger partial charge is 0.303 e. The van der Waals surface area contributed by atoms with Crippen LogP contribution in [-0.2, 0) is 24.0 Å². The molecule has 0 spiro atoms. The monoisotopic (exact) mass is 624 g/mol. The van der Waals surface area contributed by atoms with Crippen LogP contribution in [0.1, 0.15) is 44.1 Å². The summed E-state index contributed by atoms with van der Waals surface area (Å²) in [6.07, 6.45) is 2.05. The molecule has 2 saturated heterocycles. The highest BCUT2D eigenvalue weighted by molar-refractivity contribution is 6.31. The Morgan fingerprint density at radius 1 is 1.11 bits per heavy atom. The number of carbonyl (C=O) groups is 5. The molecule has 0 radical (unpaired) electrons. The lowest BCUT2D eigenvalue weighted by atomic mass is 9.51. The lowest BCUT2D eigenvalue weighted by molar-refractivity contribution is -0.142. The van der Waals surface area contributed by atoms with E-state index in [0.29, 0.717) is 11.1 Å². The molecule has 44 heavy (non-hydrogen) atoms. The van der Waals surface area contributed by atoms with Crippen LogP contribution in [0.4, 0.5) is 10.1 Å². The van der Waals surface area contributed by atoms with Gasteiger partial charge < -0.3 is 14.9 Å². The summed E-state index contributed by atoms with van der Waals surface area (Å²) in [6, 6.07) is 8.45. The van der Waals surface area contributed by atoms with Gasteiger partial charge in [-0.05, 0) is 56.4 Å². The summed E-state index contributed by atoms with van der Waals surface area (Å²) in [6.45, 7) is 1.63. The van der Waals surface area contributed by atoms with E-state index < -0.39 is 64.5 Å². The third-order valence-electron chi connectivity index (χ3n) is 9.86. The molecule has 1 saturated carbocycles. The zero-order valence-corrected chi connectivity index (χ0v) is 24.7. The number of aliphatic carboxylic acids is 1. The molecule has 230 valence electrons. The second-order valence-electron chi connectivity index (χ2n) is 12.0. The van der Waals surface area contributed by atoms with Gasteiger partial charge in [-0.1, -0.05) is 35.4 Å². The van der Waals surface area contributed by atoms with Gasteiger partial charge in [0.2, 0.25) is 23.6 Å². The number of ether oxygens (including phenoxy) is 1. The largest absolute Gasteiger partial charge is 0.504 e. The molecule has 0 bridgehead atoms. The number of imide groups is 2.